The van der Waals surface area contributed by atoms with Gasteiger partial charge in [-0.3, -0.25) is 4.79 Å². The van der Waals surface area contributed by atoms with E-state index in [9.17, 15) is 4.79 Å². The molecule has 1 N–H and O–H groups in total. The van der Waals surface area contributed by atoms with Crippen molar-refractivity contribution in [3.63, 3.8) is 0 Å². The predicted molar refractivity (Wildman–Crippen MR) is 64.6 cm³/mol. The fraction of sp³-hybridized carbons (Fsp3) is 0.923. The molecular weight excluding hydrogens is 218 g/mol. The van der Waals surface area contributed by atoms with Gasteiger partial charge >= 0.3 is 5.97 Å². The normalized spacial score (nSPS) is 36.1. The van der Waals surface area contributed by atoms with E-state index in [-0.39, 0.29) is 30.2 Å². The van der Waals surface area contributed by atoms with Gasteiger partial charge in [-0.25, -0.2) is 0 Å². The van der Waals surface area contributed by atoms with Crippen LogP contribution in [0.2, 0.25) is 0 Å². The molecule has 3 atom stereocenters. The van der Waals surface area contributed by atoms with Crippen molar-refractivity contribution in [2.24, 2.45) is 11.8 Å². The van der Waals surface area contributed by atoms with E-state index in [0.29, 0.717) is 5.92 Å². The van der Waals surface area contributed by atoms with E-state index in [0.717, 1.165) is 25.9 Å². The highest BCUT2D eigenvalue weighted by Gasteiger charge is 2.33. The summed E-state index contributed by atoms with van der Waals surface area (Å²) < 4.78 is 11.2. The van der Waals surface area contributed by atoms with Gasteiger partial charge < -0.3 is 14.8 Å². The van der Waals surface area contributed by atoms with Gasteiger partial charge in [-0.2, -0.15) is 0 Å². The molecule has 98 valence electrons. The van der Waals surface area contributed by atoms with Crippen molar-refractivity contribution in [3.05, 3.63) is 0 Å². The molecule has 0 aromatic carbocycles. The summed E-state index contributed by atoms with van der Waals surface area (Å²) in [5.41, 5.74) is 0. The fourth-order valence-electron chi connectivity index (χ4n) is 2.57. The first-order valence-electron chi connectivity index (χ1n) is 6.63. The highest BCUT2D eigenvalue weighted by atomic mass is 16.6. The summed E-state index contributed by atoms with van der Waals surface area (Å²) in [4.78, 5) is 12.0. The highest BCUT2D eigenvalue weighted by molar-refractivity contribution is 5.72. The number of hydrogen-bond donors (Lipinski definition) is 1. The summed E-state index contributed by atoms with van der Waals surface area (Å²) in [6.45, 7) is 7.93. The molecule has 4 heteroatoms. The standard InChI is InChI=1S/C13H23NO3/c1-8-4-12(5-9(2)16-8)17-13(15)10(3)11-6-14-7-11/h8-12,14H,4-7H2,1-3H3. The van der Waals surface area contributed by atoms with Crippen molar-refractivity contribution in [1.29, 1.82) is 0 Å². The van der Waals surface area contributed by atoms with Crippen LogP contribution in [0.1, 0.15) is 33.6 Å². The Kier molecular flexibility index (Phi) is 4.05. The number of nitrogens with one attached hydrogen (secondary N) is 1. The Morgan fingerprint density at radius 1 is 1.29 bits per heavy atom. The van der Waals surface area contributed by atoms with Crippen LogP contribution in [0.3, 0.4) is 0 Å². The van der Waals surface area contributed by atoms with Crippen LogP contribution in [0.15, 0.2) is 0 Å². The maximum Gasteiger partial charge on any atom is 0.309 e. The molecule has 2 aliphatic heterocycles. The van der Waals surface area contributed by atoms with Gasteiger partial charge in [0, 0.05) is 12.8 Å². The lowest BCUT2D eigenvalue weighted by molar-refractivity contribution is -0.166. The van der Waals surface area contributed by atoms with E-state index in [1.54, 1.807) is 0 Å². The van der Waals surface area contributed by atoms with E-state index in [1.165, 1.54) is 0 Å². The smallest absolute Gasteiger partial charge is 0.309 e. The number of carbonyl (C=O) groups excluding carboxylic acids is 1. The Morgan fingerprint density at radius 2 is 1.88 bits per heavy atom. The quantitative estimate of drug-likeness (QED) is 0.758. The van der Waals surface area contributed by atoms with Gasteiger partial charge in [-0.05, 0) is 32.9 Å². The molecule has 3 unspecified atom stereocenters. The minimum Gasteiger partial charge on any atom is -0.462 e. The van der Waals surface area contributed by atoms with Crippen LogP contribution in [0, 0.1) is 11.8 Å². The van der Waals surface area contributed by atoms with E-state index < -0.39 is 0 Å². The average Bonchev–Trinajstić information content (AvgIpc) is 2.12. The Balaban J connectivity index is 1.80. The molecule has 2 rings (SSSR count). The third-order valence-electron chi connectivity index (χ3n) is 3.83. The molecule has 2 heterocycles. The summed E-state index contributed by atoms with van der Waals surface area (Å²) in [5.74, 6) is 0.435. The number of ether oxygens (including phenoxy) is 2. The molecule has 17 heavy (non-hydrogen) atoms. The third kappa shape index (κ3) is 3.19. The lowest BCUT2D eigenvalue weighted by Gasteiger charge is -2.35. The number of carbonyl (C=O) groups is 1. The van der Waals surface area contributed by atoms with Crippen LogP contribution in [0.5, 0.6) is 0 Å². The third-order valence-corrected chi connectivity index (χ3v) is 3.83. The molecule has 4 nitrogen and oxygen atoms in total. The van der Waals surface area contributed by atoms with Gasteiger partial charge in [-0.15, -0.1) is 0 Å². The van der Waals surface area contributed by atoms with Crippen molar-refractivity contribution < 1.29 is 14.3 Å². The SMILES string of the molecule is CC1CC(OC(=O)C(C)C2CNC2)CC(C)O1. The van der Waals surface area contributed by atoms with Crippen LogP contribution >= 0.6 is 0 Å². The van der Waals surface area contributed by atoms with Crippen molar-refractivity contribution in [1.82, 2.24) is 5.32 Å². The van der Waals surface area contributed by atoms with E-state index in [2.05, 4.69) is 5.32 Å². The zero-order chi connectivity index (χ0) is 12.4. The fourth-order valence-corrected chi connectivity index (χ4v) is 2.57. The second-order valence-electron chi connectivity index (χ2n) is 5.49. The lowest BCUT2D eigenvalue weighted by Crippen LogP contribution is -2.48. The maximum absolute atomic E-state index is 12.0. The predicted octanol–water partition coefficient (Wildman–Crippen LogP) is 1.34. The molecule has 0 aliphatic carbocycles. The van der Waals surface area contributed by atoms with E-state index in [1.807, 2.05) is 20.8 Å². The van der Waals surface area contributed by atoms with Crippen molar-refractivity contribution in [2.75, 3.05) is 13.1 Å². The van der Waals surface area contributed by atoms with Crippen molar-refractivity contribution in [3.8, 4) is 0 Å². The van der Waals surface area contributed by atoms with Crippen LogP contribution in [0.25, 0.3) is 0 Å². The van der Waals surface area contributed by atoms with Gasteiger partial charge in [-0.1, -0.05) is 6.92 Å². The topological polar surface area (TPSA) is 47.6 Å². The Hall–Kier alpha value is -0.610. The van der Waals surface area contributed by atoms with Gasteiger partial charge in [0.05, 0.1) is 18.1 Å². The van der Waals surface area contributed by atoms with Crippen molar-refractivity contribution in [2.45, 2.75) is 51.9 Å². The summed E-state index contributed by atoms with van der Waals surface area (Å²) in [6, 6.07) is 0. The van der Waals surface area contributed by atoms with Gasteiger partial charge in [0.15, 0.2) is 0 Å². The second kappa shape index (κ2) is 5.36. The number of esters is 1. The molecule has 2 saturated heterocycles. The van der Waals surface area contributed by atoms with Crippen LogP contribution in [-0.2, 0) is 14.3 Å². The minimum absolute atomic E-state index is 0.0182. The van der Waals surface area contributed by atoms with Crippen LogP contribution < -0.4 is 5.32 Å². The largest absolute Gasteiger partial charge is 0.462 e. The summed E-state index contributed by atoms with van der Waals surface area (Å²) >= 11 is 0. The molecule has 0 bridgehead atoms. The van der Waals surface area contributed by atoms with Gasteiger partial charge in [0.25, 0.3) is 0 Å². The second-order valence-corrected chi connectivity index (χ2v) is 5.49. The molecule has 0 radical (unpaired) electrons. The molecule has 0 saturated carbocycles. The summed E-state index contributed by atoms with van der Waals surface area (Å²) in [6.07, 6.45) is 2.07. The van der Waals surface area contributed by atoms with Gasteiger partial charge in [0.1, 0.15) is 6.10 Å². The van der Waals surface area contributed by atoms with E-state index in [4.69, 9.17) is 9.47 Å². The van der Waals surface area contributed by atoms with Crippen molar-refractivity contribution >= 4 is 5.97 Å². The first-order chi connectivity index (χ1) is 8.06. The molecule has 2 fully saturated rings. The van der Waals surface area contributed by atoms with Crippen LogP contribution in [-0.4, -0.2) is 37.4 Å². The maximum atomic E-state index is 12.0. The highest BCUT2D eigenvalue weighted by Crippen LogP contribution is 2.24. The first kappa shape index (κ1) is 12.8. The molecular formula is C13H23NO3. The Bertz CT molecular complexity index is 268. The van der Waals surface area contributed by atoms with Gasteiger partial charge in [0.2, 0.25) is 0 Å². The molecule has 0 aromatic rings. The molecule has 0 spiro atoms. The first-order valence-corrected chi connectivity index (χ1v) is 6.63. The minimum atomic E-state index is -0.0391. The summed E-state index contributed by atoms with van der Waals surface area (Å²) in [5, 5.41) is 3.19. The van der Waals surface area contributed by atoms with E-state index >= 15 is 0 Å². The Labute approximate surface area is 103 Å². The average molecular weight is 241 g/mol. The van der Waals surface area contributed by atoms with Crippen LogP contribution in [0.4, 0.5) is 0 Å². The monoisotopic (exact) mass is 241 g/mol. The molecule has 0 aromatic heterocycles. The zero-order valence-electron chi connectivity index (χ0n) is 10.9. The lowest BCUT2D eigenvalue weighted by atomic mass is 9.89. The number of rotatable bonds is 3. The molecule has 0 amide bonds. The molecule has 2 aliphatic rings. The summed E-state index contributed by atoms with van der Waals surface area (Å²) in [7, 11) is 0. The number of hydrogen-bond acceptors (Lipinski definition) is 4. The Morgan fingerprint density at radius 3 is 2.35 bits per heavy atom. The zero-order valence-corrected chi connectivity index (χ0v) is 10.9.